The topological polar surface area (TPSA) is 92.6 Å². The van der Waals surface area contributed by atoms with Crippen molar-refractivity contribution in [3.05, 3.63) is 66.8 Å². The van der Waals surface area contributed by atoms with E-state index in [4.69, 9.17) is 0 Å². The van der Waals surface area contributed by atoms with Crippen LogP contribution in [0.3, 0.4) is 0 Å². The van der Waals surface area contributed by atoms with Gasteiger partial charge in [0.05, 0.1) is 10.6 Å². The summed E-state index contributed by atoms with van der Waals surface area (Å²) in [5, 5.41) is 0. The van der Waals surface area contributed by atoms with E-state index < -0.39 is 20.2 Å². The molecule has 1 aromatic heterocycles. The van der Waals surface area contributed by atoms with E-state index in [2.05, 4.69) is 11.6 Å². The Bertz CT molecular complexity index is 1050. The van der Waals surface area contributed by atoms with Crippen LogP contribution in [-0.4, -0.2) is 61.6 Å². The van der Waals surface area contributed by atoms with Gasteiger partial charge in [-0.15, -0.1) is 6.58 Å². The van der Waals surface area contributed by atoms with Gasteiger partial charge in [0.1, 0.15) is 6.33 Å². The van der Waals surface area contributed by atoms with Crippen LogP contribution in [0.4, 0.5) is 0 Å². The van der Waals surface area contributed by atoms with E-state index in [1.54, 1.807) is 36.4 Å². The second-order valence-electron chi connectivity index (χ2n) is 6.24. The van der Waals surface area contributed by atoms with Crippen LogP contribution in [0.1, 0.15) is 11.3 Å². The third kappa shape index (κ3) is 4.96. The van der Waals surface area contributed by atoms with Crippen LogP contribution in [0.5, 0.6) is 0 Å². The predicted octanol–water partition coefficient (Wildman–Crippen LogP) is 1.74. The van der Waals surface area contributed by atoms with Gasteiger partial charge in [0.2, 0.25) is 10.0 Å². The molecule has 0 aliphatic heterocycles. The van der Waals surface area contributed by atoms with Gasteiger partial charge in [0.25, 0.3) is 0 Å². The predicted molar refractivity (Wildman–Crippen MR) is 109 cm³/mol. The van der Waals surface area contributed by atoms with Crippen LogP contribution in [0, 0.1) is 6.92 Å². The van der Waals surface area contributed by atoms with Gasteiger partial charge < -0.3 is 0 Å². The Hall–Kier alpha value is -2.27. The van der Waals surface area contributed by atoms with Crippen LogP contribution < -0.4 is 0 Å². The average Bonchev–Trinajstić information content (AvgIpc) is 3.11. The molecule has 152 valence electrons. The molecule has 28 heavy (non-hydrogen) atoms. The van der Waals surface area contributed by atoms with Crippen LogP contribution in [0.25, 0.3) is 6.08 Å². The Morgan fingerprint density at radius 2 is 1.75 bits per heavy atom. The lowest BCUT2D eigenvalue weighted by Crippen LogP contribution is -2.31. The molecular weight excluding hydrogens is 400 g/mol. The first kappa shape index (κ1) is 22.0. The van der Waals surface area contributed by atoms with Crippen LogP contribution in [-0.2, 0) is 20.2 Å². The molecule has 1 heterocycles. The minimum atomic E-state index is -3.68. The van der Waals surface area contributed by atoms with Gasteiger partial charge in [0, 0.05) is 33.4 Å². The van der Waals surface area contributed by atoms with Gasteiger partial charge in [-0.3, -0.25) is 0 Å². The zero-order chi connectivity index (χ0) is 20.9. The van der Waals surface area contributed by atoms with Gasteiger partial charge in [-0.25, -0.2) is 17.4 Å². The summed E-state index contributed by atoms with van der Waals surface area (Å²) < 4.78 is 53.1. The number of nitrogens with zero attached hydrogens (tertiary/aromatic N) is 4. The first-order valence-corrected chi connectivity index (χ1v) is 11.2. The highest BCUT2D eigenvalue weighted by Gasteiger charge is 2.22. The molecule has 0 bridgehead atoms. The Morgan fingerprint density at radius 3 is 2.32 bits per heavy atom. The third-order valence-electron chi connectivity index (χ3n) is 3.90. The number of hydrogen-bond donors (Lipinski definition) is 0. The lowest BCUT2D eigenvalue weighted by Gasteiger charge is -2.19. The van der Waals surface area contributed by atoms with E-state index in [-0.39, 0.29) is 18.0 Å². The van der Waals surface area contributed by atoms with Crippen molar-refractivity contribution in [2.75, 3.05) is 27.2 Å². The fourth-order valence-corrected chi connectivity index (χ4v) is 4.43. The molecule has 1 aromatic carbocycles. The number of aryl methyl sites for hydroxylation is 1. The first-order chi connectivity index (χ1) is 13.1. The highest BCUT2D eigenvalue weighted by Crippen LogP contribution is 2.16. The van der Waals surface area contributed by atoms with Crippen LogP contribution >= 0.6 is 0 Å². The largest absolute Gasteiger partial charge is 0.308 e. The van der Waals surface area contributed by atoms with E-state index in [1.165, 1.54) is 37.0 Å². The number of aromatic nitrogens is 2. The summed E-state index contributed by atoms with van der Waals surface area (Å²) in [7, 11) is -4.47. The molecular formula is C18H24N4O4S2. The fourth-order valence-electron chi connectivity index (χ4n) is 2.29. The van der Waals surface area contributed by atoms with E-state index in [0.717, 1.165) is 13.8 Å². The molecule has 0 N–H and O–H groups in total. The molecule has 0 spiro atoms. The molecule has 0 atom stereocenters. The summed E-state index contributed by atoms with van der Waals surface area (Å²) in [5.41, 5.74) is 1.37. The van der Waals surface area contributed by atoms with Gasteiger partial charge in [-0.1, -0.05) is 29.8 Å². The van der Waals surface area contributed by atoms with E-state index >= 15 is 0 Å². The third-order valence-corrected chi connectivity index (χ3v) is 7.40. The smallest absolute Gasteiger partial charge is 0.236 e. The number of benzene rings is 1. The molecule has 10 heteroatoms. The lowest BCUT2D eigenvalue weighted by atomic mass is 10.2. The second-order valence-corrected chi connectivity index (χ2v) is 10.2. The maximum absolute atomic E-state index is 12.8. The molecule has 2 rings (SSSR count). The molecule has 0 aliphatic carbocycles. The molecule has 0 unspecified atom stereocenters. The maximum atomic E-state index is 12.8. The highest BCUT2D eigenvalue weighted by molar-refractivity contribution is 7.89. The Morgan fingerprint density at radius 1 is 1.11 bits per heavy atom. The standard InChI is InChI=1S/C18H24N4O4S2/c1-5-12-21(27(23,24)18-10-8-16(2)9-11-18)13-6-7-17-14-22(15-19-17)28(25,26)20(3)4/h5-11,14-15H,1,12-13H2,2-4H3/b7-6+. The van der Waals surface area contributed by atoms with E-state index in [9.17, 15) is 16.8 Å². The molecule has 0 saturated carbocycles. The Labute approximate surface area is 166 Å². The molecule has 2 aromatic rings. The number of rotatable bonds is 9. The Balaban J connectivity index is 2.19. The minimum Gasteiger partial charge on any atom is -0.236 e. The van der Waals surface area contributed by atoms with Gasteiger partial charge >= 0.3 is 10.2 Å². The average molecular weight is 425 g/mol. The summed E-state index contributed by atoms with van der Waals surface area (Å²) in [5.74, 6) is 0. The summed E-state index contributed by atoms with van der Waals surface area (Å²) in [6.45, 7) is 5.74. The van der Waals surface area contributed by atoms with Gasteiger partial charge in [-0.2, -0.15) is 17.0 Å². The summed E-state index contributed by atoms with van der Waals surface area (Å²) in [4.78, 5) is 4.22. The van der Waals surface area contributed by atoms with Crippen molar-refractivity contribution in [2.45, 2.75) is 11.8 Å². The summed E-state index contributed by atoms with van der Waals surface area (Å²) in [6, 6.07) is 6.62. The number of sulfonamides is 1. The maximum Gasteiger partial charge on any atom is 0.308 e. The Kier molecular flexibility index (Phi) is 6.94. The normalized spacial score (nSPS) is 12.9. The van der Waals surface area contributed by atoms with Crippen molar-refractivity contribution >= 4 is 26.3 Å². The van der Waals surface area contributed by atoms with Crippen LogP contribution in [0.15, 0.2) is 60.4 Å². The molecule has 0 aliphatic rings. The monoisotopic (exact) mass is 424 g/mol. The molecule has 8 nitrogen and oxygen atoms in total. The molecule has 0 saturated heterocycles. The zero-order valence-electron chi connectivity index (χ0n) is 16.1. The van der Waals surface area contributed by atoms with Crippen molar-refractivity contribution < 1.29 is 16.8 Å². The van der Waals surface area contributed by atoms with Crippen molar-refractivity contribution in [3.63, 3.8) is 0 Å². The van der Waals surface area contributed by atoms with Crippen molar-refractivity contribution in [1.82, 2.24) is 17.6 Å². The second kappa shape index (κ2) is 8.82. The number of imidazole rings is 1. The summed E-state index contributed by atoms with van der Waals surface area (Å²) >= 11 is 0. The van der Waals surface area contributed by atoms with Crippen molar-refractivity contribution in [1.29, 1.82) is 0 Å². The van der Waals surface area contributed by atoms with Gasteiger partial charge in [0.15, 0.2) is 0 Å². The fraction of sp³-hybridized carbons (Fsp3) is 0.278. The van der Waals surface area contributed by atoms with Crippen molar-refractivity contribution in [2.24, 2.45) is 0 Å². The van der Waals surface area contributed by atoms with E-state index in [1.807, 2.05) is 6.92 Å². The van der Waals surface area contributed by atoms with Crippen LogP contribution in [0.2, 0.25) is 0 Å². The molecule has 0 fully saturated rings. The van der Waals surface area contributed by atoms with E-state index in [0.29, 0.717) is 5.69 Å². The summed E-state index contributed by atoms with van der Waals surface area (Å²) in [6.07, 6.45) is 7.25. The number of hydrogen-bond acceptors (Lipinski definition) is 5. The minimum absolute atomic E-state index is 0.0928. The van der Waals surface area contributed by atoms with Crippen molar-refractivity contribution in [3.8, 4) is 0 Å². The lowest BCUT2D eigenvalue weighted by molar-refractivity contribution is 0.474. The molecule has 0 radical (unpaired) electrons. The molecule has 0 amide bonds. The van der Waals surface area contributed by atoms with Gasteiger partial charge in [-0.05, 0) is 25.1 Å². The quantitative estimate of drug-likeness (QED) is 0.572. The first-order valence-electron chi connectivity index (χ1n) is 8.40. The zero-order valence-corrected chi connectivity index (χ0v) is 17.7. The highest BCUT2D eigenvalue weighted by atomic mass is 32.2. The SMILES string of the molecule is C=CCN(C/C=C/c1cn(S(=O)(=O)N(C)C)cn1)S(=O)(=O)c1ccc(C)cc1.